The second-order valence-electron chi connectivity index (χ2n) is 7.41. The number of thiophene rings is 1. The molecule has 0 amide bonds. The van der Waals surface area contributed by atoms with Crippen LogP contribution in [-0.2, 0) is 0 Å². The molecule has 0 aliphatic carbocycles. The number of nitrogens with one attached hydrogen (secondary N) is 2. The summed E-state index contributed by atoms with van der Waals surface area (Å²) in [5.74, 6) is 0. The molecule has 170 valence electrons. The minimum atomic E-state index is 0.639. The molecule has 0 radical (unpaired) electrons. The highest BCUT2D eigenvalue weighted by atomic mass is 32.1. The van der Waals surface area contributed by atoms with Crippen molar-refractivity contribution in [3.63, 3.8) is 0 Å². The third kappa shape index (κ3) is 6.66. The predicted molar refractivity (Wildman–Crippen MR) is 141 cm³/mol. The van der Waals surface area contributed by atoms with Crippen molar-refractivity contribution in [2.45, 2.75) is 33.1 Å². The third-order valence-corrected chi connectivity index (χ3v) is 6.73. The molecule has 0 spiro atoms. The predicted octanol–water partition coefficient (Wildman–Crippen LogP) is 9.22. The lowest BCUT2D eigenvalue weighted by atomic mass is 10.2. The Kier molecular flexibility index (Phi) is 8.10. The molecule has 2 aromatic carbocycles. The van der Waals surface area contributed by atoms with E-state index in [-0.39, 0.29) is 0 Å². The molecule has 4 rings (SSSR count). The molecule has 4 aromatic rings. The van der Waals surface area contributed by atoms with Crippen molar-refractivity contribution < 1.29 is 0 Å². The summed E-state index contributed by atoms with van der Waals surface area (Å²) in [6.07, 6.45) is 3.67. The maximum absolute atomic E-state index is 4.57. The quantitative estimate of drug-likeness (QED) is 0.167. The van der Waals surface area contributed by atoms with Crippen LogP contribution in [-0.4, -0.2) is 18.1 Å². The first-order valence-corrected chi connectivity index (χ1v) is 12.8. The van der Waals surface area contributed by atoms with E-state index in [1.54, 1.807) is 0 Å². The summed E-state index contributed by atoms with van der Waals surface area (Å²) in [6, 6.07) is 17.9. The number of rotatable bonds is 11. The minimum Gasteiger partial charge on any atom is -0.385 e. The van der Waals surface area contributed by atoms with Gasteiger partial charge in [0.2, 0.25) is 5.13 Å². The molecule has 33 heavy (non-hydrogen) atoms. The summed E-state index contributed by atoms with van der Waals surface area (Å²) in [6.45, 7) is 6.17. The lowest BCUT2D eigenvalue weighted by molar-refractivity contribution is 0.744. The van der Waals surface area contributed by atoms with Gasteiger partial charge in [-0.2, -0.15) is 0 Å². The molecule has 7 nitrogen and oxygen atoms in total. The first kappa shape index (κ1) is 23.0. The molecule has 2 heterocycles. The lowest BCUT2D eigenvalue weighted by Gasteiger charge is -2.05. The first-order chi connectivity index (χ1) is 16.2. The molecule has 0 atom stereocenters. The zero-order valence-corrected chi connectivity index (χ0v) is 20.4. The summed E-state index contributed by atoms with van der Waals surface area (Å²) in [5, 5.41) is 25.5. The number of unbranched alkanes of at least 4 members (excludes halogenated alkanes) is 2. The Labute approximate surface area is 201 Å². The second kappa shape index (κ2) is 11.6. The van der Waals surface area contributed by atoms with Gasteiger partial charge in [0.1, 0.15) is 9.83 Å². The standard InChI is InChI=1S/C24H27N7S2/c1-3-5-6-15-26-18-9-13-20(14-10-18)29-31-24-27-23-21(32-24)16-22(33-23)30-28-19-11-7-17(8-12-19)25-4-2/h7-14,16,25-26H,3-6,15H2,1-2H3. The molecule has 0 saturated carbocycles. The van der Waals surface area contributed by atoms with Gasteiger partial charge in [0.15, 0.2) is 0 Å². The lowest BCUT2D eigenvalue weighted by Crippen LogP contribution is -2.00. The van der Waals surface area contributed by atoms with Crippen LogP contribution in [0.15, 0.2) is 75.1 Å². The fourth-order valence-electron chi connectivity index (χ4n) is 3.12. The van der Waals surface area contributed by atoms with E-state index in [1.807, 2.05) is 54.6 Å². The summed E-state index contributed by atoms with van der Waals surface area (Å²) >= 11 is 3.00. The maximum Gasteiger partial charge on any atom is 0.231 e. The molecular weight excluding hydrogens is 450 g/mol. The number of azo groups is 2. The van der Waals surface area contributed by atoms with E-state index in [4.69, 9.17) is 0 Å². The highest BCUT2D eigenvalue weighted by Crippen LogP contribution is 2.39. The summed E-state index contributed by atoms with van der Waals surface area (Å²) in [5.41, 5.74) is 3.81. The third-order valence-electron chi connectivity index (χ3n) is 4.81. The maximum atomic E-state index is 4.57. The van der Waals surface area contributed by atoms with E-state index in [9.17, 15) is 0 Å². The molecule has 0 fully saturated rings. The number of hydrogen-bond acceptors (Lipinski definition) is 9. The largest absolute Gasteiger partial charge is 0.385 e. The average Bonchev–Trinajstić information content (AvgIpc) is 3.39. The van der Waals surface area contributed by atoms with Gasteiger partial charge in [0, 0.05) is 24.5 Å². The van der Waals surface area contributed by atoms with Gasteiger partial charge >= 0.3 is 0 Å². The van der Waals surface area contributed by atoms with E-state index in [2.05, 4.69) is 49.9 Å². The molecule has 0 unspecified atom stereocenters. The van der Waals surface area contributed by atoms with Crippen molar-refractivity contribution in [2.24, 2.45) is 20.5 Å². The SMILES string of the molecule is CCCCCNc1ccc(N=Nc2nc3sc(N=Nc4ccc(NCC)cc4)cc3s2)cc1. The summed E-state index contributed by atoms with van der Waals surface area (Å²) in [7, 11) is 0. The fraction of sp³-hybridized carbons (Fsp3) is 0.292. The van der Waals surface area contributed by atoms with Crippen LogP contribution in [0.4, 0.5) is 32.9 Å². The van der Waals surface area contributed by atoms with Crippen molar-refractivity contribution in [2.75, 3.05) is 23.7 Å². The minimum absolute atomic E-state index is 0.639. The van der Waals surface area contributed by atoms with Crippen LogP contribution in [0.3, 0.4) is 0 Å². The van der Waals surface area contributed by atoms with Crippen LogP contribution < -0.4 is 10.6 Å². The van der Waals surface area contributed by atoms with Crippen LogP contribution in [0.2, 0.25) is 0 Å². The molecule has 0 aliphatic heterocycles. The number of thiazole rings is 1. The average molecular weight is 478 g/mol. The Morgan fingerprint density at radius 1 is 0.758 bits per heavy atom. The van der Waals surface area contributed by atoms with Crippen LogP contribution in [0.25, 0.3) is 9.53 Å². The van der Waals surface area contributed by atoms with E-state index in [0.29, 0.717) is 5.13 Å². The highest BCUT2D eigenvalue weighted by molar-refractivity contribution is 7.30. The number of fused-ring (bicyclic) bond motifs is 1. The van der Waals surface area contributed by atoms with Gasteiger partial charge in [-0.25, -0.2) is 4.98 Å². The van der Waals surface area contributed by atoms with Crippen LogP contribution >= 0.6 is 22.7 Å². The molecule has 0 saturated heterocycles. The van der Waals surface area contributed by atoms with Gasteiger partial charge in [0.05, 0.1) is 16.1 Å². The van der Waals surface area contributed by atoms with E-state index in [1.165, 1.54) is 41.9 Å². The van der Waals surface area contributed by atoms with E-state index < -0.39 is 0 Å². The van der Waals surface area contributed by atoms with Gasteiger partial charge in [-0.3, -0.25) is 0 Å². The van der Waals surface area contributed by atoms with Crippen molar-refractivity contribution in [1.82, 2.24) is 4.98 Å². The van der Waals surface area contributed by atoms with Crippen molar-refractivity contribution in [3.05, 3.63) is 54.6 Å². The van der Waals surface area contributed by atoms with Gasteiger partial charge in [-0.05, 0) is 67.9 Å². The van der Waals surface area contributed by atoms with Gasteiger partial charge in [0.25, 0.3) is 0 Å². The van der Waals surface area contributed by atoms with E-state index >= 15 is 0 Å². The van der Waals surface area contributed by atoms with Crippen molar-refractivity contribution in [3.8, 4) is 0 Å². The molecular formula is C24H27N7S2. The Bertz CT molecular complexity index is 1180. The molecule has 0 bridgehead atoms. The topological polar surface area (TPSA) is 86.4 Å². The molecule has 2 aromatic heterocycles. The van der Waals surface area contributed by atoms with Gasteiger partial charge < -0.3 is 10.6 Å². The molecule has 0 aliphatic rings. The normalized spacial score (nSPS) is 11.7. The number of aromatic nitrogens is 1. The zero-order valence-electron chi connectivity index (χ0n) is 18.8. The molecule has 9 heteroatoms. The number of hydrogen-bond donors (Lipinski definition) is 2. The fourth-order valence-corrected chi connectivity index (χ4v) is 4.96. The Balaban J connectivity index is 1.34. The smallest absolute Gasteiger partial charge is 0.231 e. The van der Waals surface area contributed by atoms with Crippen molar-refractivity contribution >= 4 is 65.1 Å². The van der Waals surface area contributed by atoms with Crippen LogP contribution in [0, 0.1) is 0 Å². The van der Waals surface area contributed by atoms with Crippen LogP contribution in [0.5, 0.6) is 0 Å². The zero-order chi connectivity index (χ0) is 22.9. The summed E-state index contributed by atoms with van der Waals surface area (Å²) < 4.78 is 1.04. The van der Waals surface area contributed by atoms with E-state index in [0.717, 1.165) is 50.4 Å². The first-order valence-electron chi connectivity index (χ1n) is 11.1. The monoisotopic (exact) mass is 477 g/mol. The second-order valence-corrected chi connectivity index (χ2v) is 9.43. The number of nitrogens with zero attached hydrogens (tertiary/aromatic N) is 5. The Morgan fingerprint density at radius 2 is 1.42 bits per heavy atom. The highest BCUT2D eigenvalue weighted by Gasteiger charge is 2.08. The van der Waals surface area contributed by atoms with Crippen LogP contribution in [0.1, 0.15) is 33.1 Å². The summed E-state index contributed by atoms with van der Waals surface area (Å²) in [4.78, 5) is 5.47. The van der Waals surface area contributed by atoms with Gasteiger partial charge in [-0.15, -0.1) is 20.5 Å². The number of benzene rings is 2. The van der Waals surface area contributed by atoms with Crippen molar-refractivity contribution in [1.29, 1.82) is 0 Å². The Morgan fingerprint density at radius 3 is 2.06 bits per heavy atom. The molecule has 2 N–H and O–H groups in total. The Hall–Kier alpha value is -3.17. The number of anilines is 2. The van der Waals surface area contributed by atoms with Gasteiger partial charge in [-0.1, -0.05) is 42.4 Å².